The van der Waals surface area contributed by atoms with E-state index in [1.165, 1.54) is 11.1 Å². The number of nitrogens with zero attached hydrogens (tertiary/aromatic N) is 3. The first-order valence-corrected chi connectivity index (χ1v) is 7.46. The molecule has 2 aromatic carbocycles. The Labute approximate surface area is 134 Å². The molecule has 0 saturated carbocycles. The monoisotopic (exact) mass is 312 g/mol. The van der Waals surface area contributed by atoms with Gasteiger partial charge in [0.2, 0.25) is 0 Å². The Morgan fingerprint density at radius 1 is 1.05 bits per heavy atom. The highest BCUT2D eigenvalue weighted by molar-refractivity contribution is 6.30. The second-order valence-corrected chi connectivity index (χ2v) is 5.71. The summed E-state index contributed by atoms with van der Waals surface area (Å²) in [5.74, 6) is 0. The fraction of sp³-hybridized carbons (Fsp3) is 0.176. The smallest absolute Gasteiger partial charge is 0.105 e. The Morgan fingerprint density at radius 2 is 1.77 bits per heavy atom. The van der Waals surface area contributed by atoms with Crippen molar-refractivity contribution in [3.63, 3.8) is 0 Å². The molecule has 0 amide bonds. The number of benzene rings is 2. The van der Waals surface area contributed by atoms with Gasteiger partial charge in [-0.3, -0.25) is 0 Å². The first-order valence-electron chi connectivity index (χ1n) is 7.08. The molecule has 0 saturated heterocycles. The summed E-state index contributed by atoms with van der Waals surface area (Å²) in [5.41, 5.74) is 12.0. The van der Waals surface area contributed by atoms with Gasteiger partial charge in [0.1, 0.15) is 5.69 Å². The fourth-order valence-corrected chi connectivity index (χ4v) is 2.52. The molecule has 3 aromatic rings. The maximum atomic E-state index is 5.96. The molecule has 5 heteroatoms. The first-order chi connectivity index (χ1) is 10.6. The molecule has 4 nitrogen and oxygen atoms in total. The van der Waals surface area contributed by atoms with Crippen molar-refractivity contribution < 1.29 is 0 Å². The average Bonchev–Trinajstić information content (AvgIpc) is 2.94. The Bertz CT molecular complexity index is 806. The maximum absolute atomic E-state index is 5.96. The SMILES string of the molecule is Cc1ccc(-c2c(CN)nnn2-c2ccc(Cl)cc2)cc1C. The van der Waals surface area contributed by atoms with Crippen LogP contribution in [0.25, 0.3) is 16.9 Å². The molecule has 0 fully saturated rings. The number of hydrogen-bond donors (Lipinski definition) is 1. The zero-order valence-corrected chi connectivity index (χ0v) is 13.3. The van der Waals surface area contributed by atoms with Crippen molar-refractivity contribution in [3.8, 4) is 16.9 Å². The second kappa shape index (κ2) is 5.91. The molecule has 0 atom stereocenters. The van der Waals surface area contributed by atoms with Gasteiger partial charge in [-0.25, -0.2) is 4.68 Å². The topological polar surface area (TPSA) is 56.7 Å². The van der Waals surface area contributed by atoms with Crippen LogP contribution in [0.4, 0.5) is 0 Å². The van der Waals surface area contributed by atoms with Crippen LogP contribution >= 0.6 is 11.6 Å². The molecule has 0 aliphatic heterocycles. The molecule has 1 aromatic heterocycles. The van der Waals surface area contributed by atoms with E-state index in [1.807, 2.05) is 28.9 Å². The largest absolute Gasteiger partial charge is 0.325 e. The molecule has 0 aliphatic rings. The Hall–Kier alpha value is -2.17. The van der Waals surface area contributed by atoms with E-state index >= 15 is 0 Å². The molecule has 0 spiro atoms. The number of aryl methyl sites for hydroxylation is 2. The molecular formula is C17H17ClN4. The Kier molecular flexibility index (Phi) is 3.96. The summed E-state index contributed by atoms with van der Waals surface area (Å²) in [7, 11) is 0. The van der Waals surface area contributed by atoms with Crippen LogP contribution in [0.3, 0.4) is 0 Å². The van der Waals surface area contributed by atoms with Crippen LogP contribution in [0.5, 0.6) is 0 Å². The van der Waals surface area contributed by atoms with Gasteiger partial charge in [0, 0.05) is 17.1 Å². The predicted molar refractivity (Wildman–Crippen MR) is 89.2 cm³/mol. The molecule has 2 N–H and O–H groups in total. The normalized spacial score (nSPS) is 10.9. The van der Waals surface area contributed by atoms with E-state index in [9.17, 15) is 0 Å². The van der Waals surface area contributed by atoms with Gasteiger partial charge in [-0.2, -0.15) is 0 Å². The van der Waals surface area contributed by atoms with Crippen molar-refractivity contribution in [1.29, 1.82) is 0 Å². The number of hydrogen-bond acceptors (Lipinski definition) is 3. The summed E-state index contributed by atoms with van der Waals surface area (Å²) < 4.78 is 1.81. The Balaban J connectivity index is 2.19. The van der Waals surface area contributed by atoms with Crippen LogP contribution in [0.15, 0.2) is 42.5 Å². The number of rotatable bonds is 3. The molecule has 3 rings (SSSR count). The lowest BCUT2D eigenvalue weighted by molar-refractivity contribution is 0.800. The van der Waals surface area contributed by atoms with Gasteiger partial charge in [-0.15, -0.1) is 5.10 Å². The summed E-state index contributed by atoms with van der Waals surface area (Å²) in [6.07, 6.45) is 0. The van der Waals surface area contributed by atoms with Crippen molar-refractivity contribution in [1.82, 2.24) is 15.0 Å². The molecule has 0 unspecified atom stereocenters. The summed E-state index contributed by atoms with van der Waals surface area (Å²) in [6.45, 7) is 4.53. The van der Waals surface area contributed by atoms with Gasteiger partial charge >= 0.3 is 0 Å². The fourth-order valence-electron chi connectivity index (χ4n) is 2.39. The van der Waals surface area contributed by atoms with Gasteiger partial charge in [-0.1, -0.05) is 28.9 Å². The zero-order chi connectivity index (χ0) is 15.7. The molecular weight excluding hydrogens is 296 g/mol. The highest BCUT2D eigenvalue weighted by Gasteiger charge is 2.15. The van der Waals surface area contributed by atoms with Crippen LogP contribution in [-0.2, 0) is 6.54 Å². The van der Waals surface area contributed by atoms with Crippen LogP contribution in [0, 0.1) is 13.8 Å². The Morgan fingerprint density at radius 3 is 2.41 bits per heavy atom. The highest BCUT2D eigenvalue weighted by atomic mass is 35.5. The van der Waals surface area contributed by atoms with Crippen molar-refractivity contribution in [3.05, 3.63) is 64.3 Å². The second-order valence-electron chi connectivity index (χ2n) is 5.28. The number of aromatic nitrogens is 3. The molecule has 0 radical (unpaired) electrons. The summed E-state index contributed by atoms with van der Waals surface area (Å²) in [6, 6.07) is 13.8. The van der Waals surface area contributed by atoms with E-state index in [0.717, 1.165) is 22.6 Å². The van der Waals surface area contributed by atoms with Crippen LogP contribution in [0.1, 0.15) is 16.8 Å². The van der Waals surface area contributed by atoms with E-state index in [1.54, 1.807) is 0 Å². The summed E-state index contributed by atoms with van der Waals surface area (Å²) in [4.78, 5) is 0. The minimum Gasteiger partial charge on any atom is -0.325 e. The van der Waals surface area contributed by atoms with Gasteiger partial charge in [0.15, 0.2) is 0 Å². The third-order valence-corrected chi connectivity index (χ3v) is 4.04. The molecule has 22 heavy (non-hydrogen) atoms. The van der Waals surface area contributed by atoms with Crippen molar-refractivity contribution >= 4 is 11.6 Å². The zero-order valence-electron chi connectivity index (χ0n) is 12.5. The third-order valence-electron chi connectivity index (χ3n) is 3.78. The average molecular weight is 313 g/mol. The predicted octanol–water partition coefficient (Wildman–Crippen LogP) is 3.66. The van der Waals surface area contributed by atoms with Crippen LogP contribution in [-0.4, -0.2) is 15.0 Å². The third kappa shape index (κ3) is 2.63. The van der Waals surface area contributed by atoms with Gasteiger partial charge in [-0.05, 0) is 55.3 Å². The quantitative estimate of drug-likeness (QED) is 0.803. The van der Waals surface area contributed by atoms with E-state index in [-0.39, 0.29) is 0 Å². The highest BCUT2D eigenvalue weighted by Crippen LogP contribution is 2.27. The number of halogens is 1. The lowest BCUT2D eigenvalue weighted by Gasteiger charge is -2.10. The van der Waals surface area contributed by atoms with Crippen molar-refractivity contribution in [2.24, 2.45) is 5.73 Å². The lowest BCUT2D eigenvalue weighted by atomic mass is 10.0. The minimum atomic E-state index is 0.343. The van der Waals surface area contributed by atoms with Gasteiger partial charge < -0.3 is 5.73 Å². The van der Waals surface area contributed by atoms with Gasteiger partial charge in [0.25, 0.3) is 0 Å². The lowest BCUT2D eigenvalue weighted by Crippen LogP contribution is -2.03. The molecule has 1 heterocycles. The number of nitrogens with two attached hydrogens (primary N) is 1. The maximum Gasteiger partial charge on any atom is 0.105 e. The van der Waals surface area contributed by atoms with E-state index in [0.29, 0.717) is 11.6 Å². The van der Waals surface area contributed by atoms with E-state index < -0.39 is 0 Å². The molecule has 0 bridgehead atoms. The van der Waals surface area contributed by atoms with E-state index in [4.69, 9.17) is 17.3 Å². The first kappa shape index (κ1) is 14.8. The minimum absolute atomic E-state index is 0.343. The molecule has 112 valence electrons. The van der Waals surface area contributed by atoms with Crippen molar-refractivity contribution in [2.75, 3.05) is 0 Å². The van der Waals surface area contributed by atoms with Crippen LogP contribution < -0.4 is 5.73 Å². The van der Waals surface area contributed by atoms with Crippen molar-refractivity contribution in [2.45, 2.75) is 20.4 Å². The summed E-state index contributed by atoms with van der Waals surface area (Å²) in [5, 5.41) is 9.17. The van der Waals surface area contributed by atoms with E-state index in [2.05, 4.69) is 42.4 Å². The summed E-state index contributed by atoms with van der Waals surface area (Å²) >= 11 is 5.96. The van der Waals surface area contributed by atoms with Gasteiger partial charge in [0.05, 0.1) is 11.4 Å². The van der Waals surface area contributed by atoms with Crippen LogP contribution in [0.2, 0.25) is 5.02 Å². The molecule has 0 aliphatic carbocycles. The standard InChI is InChI=1S/C17H17ClN4/c1-11-3-4-13(9-12(11)2)17-16(10-19)20-21-22(17)15-7-5-14(18)6-8-15/h3-9H,10,19H2,1-2H3.